The van der Waals surface area contributed by atoms with E-state index < -0.39 is 6.09 Å². The van der Waals surface area contributed by atoms with Gasteiger partial charge in [-0.2, -0.15) is 0 Å². The summed E-state index contributed by atoms with van der Waals surface area (Å²) in [5, 5.41) is 0. The van der Waals surface area contributed by atoms with Crippen LogP contribution in [0.15, 0.2) is 24.3 Å². The SMILES string of the molecule is Cc1ccc(COC(=O)N2CCCC(=O)C2)cc1. The van der Waals surface area contributed by atoms with Crippen molar-refractivity contribution in [1.29, 1.82) is 0 Å². The van der Waals surface area contributed by atoms with E-state index in [1.165, 1.54) is 10.5 Å². The van der Waals surface area contributed by atoms with Gasteiger partial charge in [-0.05, 0) is 18.9 Å². The van der Waals surface area contributed by atoms with Crippen molar-refractivity contribution in [1.82, 2.24) is 4.90 Å². The second-order valence-corrected chi connectivity index (χ2v) is 4.60. The minimum Gasteiger partial charge on any atom is -0.445 e. The largest absolute Gasteiger partial charge is 0.445 e. The van der Waals surface area contributed by atoms with Crippen LogP contribution in [0.25, 0.3) is 0 Å². The highest BCUT2D eigenvalue weighted by molar-refractivity contribution is 5.85. The van der Waals surface area contributed by atoms with E-state index in [0.717, 1.165) is 12.0 Å². The number of ether oxygens (including phenoxy) is 1. The van der Waals surface area contributed by atoms with Crippen molar-refractivity contribution in [3.63, 3.8) is 0 Å². The highest BCUT2D eigenvalue weighted by Crippen LogP contribution is 2.10. The molecule has 1 aromatic rings. The molecule has 18 heavy (non-hydrogen) atoms. The van der Waals surface area contributed by atoms with Gasteiger partial charge in [0.05, 0.1) is 6.54 Å². The van der Waals surface area contributed by atoms with Crippen molar-refractivity contribution in [2.45, 2.75) is 26.4 Å². The quantitative estimate of drug-likeness (QED) is 0.805. The molecule has 1 amide bonds. The number of likely N-dealkylation sites (tertiary alicyclic amines) is 1. The van der Waals surface area contributed by atoms with Crippen LogP contribution in [0.1, 0.15) is 24.0 Å². The highest BCUT2D eigenvalue weighted by atomic mass is 16.6. The monoisotopic (exact) mass is 247 g/mol. The molecule has 1 heterocycles. The van der Waals surface area contributed by atoms with E-state index in [4.69, 9.17) is 4.74 Å². The predicted octanol–water partition coefficient (Wildman–Crippen LogP) is 2.30. The van der Waals surface area contributed by atoms with E-state index in [2.05, 4.69) is 0 Å². The van der Waals surface area contributed by atoms with Crippen LogP contribution >= 0.6 is 0 Å². The number of carbonyl (C=O) groups is 2. The molecule has 0 atom stereocenters. The molecular weight excluding hydrogens is 230 g/mol. The number of aryl methyl sites for hydroxylation is 1. The highest BCUT2D eigenvalue weighted by Gasteiger charge is 2.22. The van der Waals surface area contributed by atoms with Gasteiger partial charge in [0.2, 0.25) is 0 Å². The van der Waals surface area contributed by atoms with E-state index in [9.17, 15) is 9.59 Å². The Labute approximate surface area is 107 Å². The second kappa shape index (κ2) is 5.67. The summed E-state index contributed by atoms with van der Waals surface area (Å²) in [5.74, 6) is 0.105. The van der Waals surface area contributed by atoms with E-state index in [1.54, 1.807) is 0 Å². The molecule has 0 radical (unpaired) electrons. The molecule has 4 heteroatoms. The van der Waals surface area contributed by atoms with Crippen molar-refractivity contribution in [2.75, 3.05) is 13.1 Å². The second-order valence-electron chi connectivity index (χ2n) is 4.60. The first-order chi connectivity index (χ1) is 8.65. The van der Waals surface area contributed by atoms with Crippen LogP contribution in [0.4, 0.5) is 4.79 Å². The summed E-state index contributed by atoms with van der Waals surface area (Å²) in [4.78, 5) is 24.4. The zero-order chi connectivity index (χ0) is 13.0. The lowest BCUT2D eigenvalue weighted by Gasteiger charge is -2.24. The average Bonchev–Trinajstić information content (AvgIpc) is 2.38. The molecule has 0 saturated carbocycles. The molecule has 2 rings (SSSR count). The summed E-state index contributed by atoms with van der Waals surface area (Å²) >= 11 is 0. The average molecular weight is 247 g/mol. The number of hydrogen-bond acceptors (Lipinski definition) is 3. The van der Waals surface area contributed by atoms with E-state index in [1.807, 2.05) is 31.2 Å². The van der Waals surface area contributed by atoms with Crippen molar-refractivity contribution in [3.8, 4) is 0 Å². The summed E-state index contributed by atoms with van der Waals surface area (Å²) in [5.41, 5.74) is 2.13. The maximum absolute atomic E-state index is 11.7. The lowest BCUT2D eigenvalue weighted by molar-refractivity contribution is -0.121. The van der Waals surface area contributed by atoms with Crippen LogP contribution in [0.2, 0.25) is 0 Å². The maximum atomic E-state index is 11.7. The van der Waals surface area contributed by atoms with Crippen LogP contribution in [-0.4, -0.2) is 29.9 Å². The van der Waals surface area contributed by atoms with Crippen LogP contribution in [0.3, 0.4) is 0 Å². The van der Waals surface area contributed by atoms with Crippen molar-refractivity contribution in [2.24, 2.45) is 0 Å². The summed E-state index contributed by atoms with van der Waals surface area (Å²) < 4.78 is 5.19. The first-order valence-corrected chi connectivity index (χ1v) is 6.14. The fraction of sp³-hybridized carbons (Fsp3) is 0.429. The minimum atomic E-state index is -0.399. The van der Waals surface area contributed by atoms with Crippen LogP contribution < -0.4 is 0 Å². The number of ketones is 1. The molecule has 4 nitrogen and oxygen atoms in total. The third-order valence-electron chi connectivity index (χ3n) is 2.99. The number of rotatable bonds is 2. The molecule has 1 saturated heterocycles. The Morgan fingerprint density at radius 3 is 2.72 bits per heavy atom. The summed E-state index contributed by atoms with van der Waals surface area (Å²) in [6.45, 7) is 3.06. The van der Waals surface area contributed by atoms with Gasteiger partial charge in [0.25, 0.3) is 0 Å². The van der Waals surface area contributed by atoms with E-state index in [-0.39, 0.29) is 18.9 Å². The zero-order valence-corrected chi connectivity index (χ0v) is 10.5. The molecule has 0 bridgehead atoms. The third kappa shape index (κ3) is 3.32. The first-order valence-electron chi connectivity index (χ1n) is 6.14. The van der Waals surface area contributed by atoms with Crippen LogP contribution in [0, 0.1) is 6.92 Å². The Balaban J connectivity index is 1.84. The summed E-state index contributed by atoms with van der Waals surface area (Å²) in [6, 6.07) is 7.83. The Bertz CT molecular complexity index is 439. The summed E-state index contributed by atoms with van der Waals surface area (Å²) in [6.07, 6.45) is 0.906. The van der Waals surface area contributed by atoms with E-state index in [0.29, 0.717) is 13.0 Å². The lowest BCUT2D eigenvalue weighted by atomic mass is 10.1. The Kier molecular flexibility index (Phi) is 3.97. The molecule has 0 spiro atoms. The molecule has 0 aliphatic carbocycles. The number of carbonyl (C=O) groups excluding carboxylic acids is 2. The predicted molar refractivity (Wildman–Crippen MR) is 67.2 cm³/mol. The van der Waals surface area contributed by atoms with E-state index >= 15 is 0 Å². The molecule has 0 aromatic heterocycles. The van der Waals surface area contributed by atoms with Crippen LogP contribution in [-0.2, 0) is 16.1 Å². The van der Waals surface area contributed by atoms with Crippen molar-refractivity contribution in [3.05, 3.63) is 35.4 Å². The number of hydrogen-bond donors (Lipinski definition) is 0. The number of nitrogens with zero attached hydrogens (tertiary/aromatic N) is 1. The molecule has 1 fully saturated rings. The van der Waals surface area contributed by atoms with Gasteiger partial charge in [-0.1, -0.05) is 29.8 Å². The van der Waals surface area contributed by atoms with Gasteiger partial charge in [-0.25, -0.2) is 4.79 Å². The van der Waals surface area contributed by atoms with Gasteiger partial charge >= 0.3 is 6.09 Å². The van der Waals surface area contributed by atoms with Crippen LogP contribution in [0.5, 0.6) is 0 Å². The Morgan fingerprint density at radius 1 is 1.33 bits per heavy atom. The molecule has 96 valence electrons. The Morgan fingerprint density at radius 2 is 2.06 bits per heavy atom. The minimum absolute atomic E-state index is 0.105. The topological polar surface area (TPSA) is 46.6 Å². The van der Waals surface area contributed by atoms with Gasteiger partial charge < -0.3 is 9.64 Å². The number of piperidine rings is 1. The first kappa shape index (κ1) is 12.6. The standard InChI is InChI=1S/C14H17NO3/c1-11-4-6-12(7-5-11)10-18-14(17)15-8-2-3-13(16)9-15/h4-7H,2-3,8-10H2,1H3. The molecule has 0 N–H and O–H groups in total. The number of benzene rings is 1. The number of amides is 1. The van der Waals surface area contributed by atoms with Gasteiger partial charge in [-0.3, -0.25) is 4.79 Å². The fourth-order valence-electron chi connectivity index (χ4n) is 1.91. The van der Waals surface area contributed by atoms with Gasteiger partial charge in [-0.15, -0.1) is 0 Å². The molecule has 0 unspecified atom stereocenters. The zero-order valence-electron chi connectivity index (χ0n) is 10.5. The smallest absolute Gasteiger partial charge is 0.410 e. The number of Topliss-reactive ketones (excluding diaryl/α,β-unsaturated/α-hetero) is 1. The van der Waals surface area contributed by atoms with Gasteiger partial charge in [0, 0.05) is 13.0 Å². The molecule has 1 aliphatic rings. The molecule has 1 aliphatic heterocycles. The third-order valence-corrected chi connectivity index (χ3v) is 2.99. The van der Waals surface area contributed by atoms with Gasteiger partial charge in [0.15, 0.2) is 5.78 Å². The van der Waals surface area contributed by atoms with Crippen molar-refractivity contribution < 1.29 is 14.3 Å². The molecular formula is C14H17NO3. The normalized spacial score (nSPS) is 15.6. The van der Waals surface area contributed by atoms with Gasteiger partial charge in [0.1, 0.15) is 6.61 Å². The Hall–Kier alpha value is -1.84. The fourth-order valence-corrected chi connectivity index (χ4v) is 1.91. The lowest BCUT2D eigenvalue weighted by Crippen LogP contribution is -2.40. The molecule has 1 aromatic carbocycles. The maximum Gasteiger partial charge on any atom is 0.410 e. The summed E-state index contributed by atoms with van der Waals surface area (Å²) in [7, 11) is 0. The van der Waals surface area contributed by atoms with Crippen molar-refractivity contribution >= 4 is 11.9 Å².